The van der Waals surface area contributed by atoms with E-state index < -0.39 is 0 Å². The van der Waals surface area contributed by atoms with Gasteiger partial charge in [0.25, 0.3) is 0 Å². The second-order valence-corrected chi connectivity index (χ2v) is 9.36. The topological polar surface area (TPSA) is 73.5 Å². The van der Waals surface area contributed by atoms with E-state index in [-0.39, 0.29) is 24.0 Å². The average molecular weight is 437 g/mol. The first-order valence-electron chi connectivity index (χ1n) is 12.1. The molecule has 172 valence electrons. The van der Waals surface area contributed by atoms with Gasteiger partial charge in [-0.15, -0.1) is 0 Å². The molecule has 2 fully saturated rings. The van der Waals surface area contributed by atoms with Crippen molar-refractivity contribution >= 4 is 22.7 Å². The van der Waals surface area contributed by atoms with Crippen LogP contribution < -0.4 is 16.0 Å². The maximum absolute atomic E-state index is 12.7. The molecule has 1 saturated carbocycles. The van der Waals surface area contributed by atoms with E-state index in [1.807, 2.05) is 25.1 Å². The number of amides is 3. The quantitative estimate of drug-likeness (QED) is 0.638. The van der Waals surface area contributed by atoms with E-state index in [1.54, 1.807) is 0 Å². The molecule has 2 aromatic rings. The highest BCUT2D eigenvalue weighted by Gasteiger charge is 2.24. The van der Waals surface area contributed by atoms with Crippen LogP contribution in [0.4, 0.5) is 4.79 Å². The third-order valence-electron chi connectivity index (χ3n) is 6.90. The Hall–Kier alpha value is -2.60. The van der Waals surface area contributed by atoms with E-state index in [4.69, 9.17) is 0 Å². The van der Waals surface area contributed by atoms with Crippen molar-refractivity contribution in [2.75, 3.05) is 19.6 Å². The summed E-state index contributed by atoms with van der Waals surface area (Å²) in [4.78, 5) is 27.2. The summed E-state index contributed by atoms with van der Waals surface area (Å²) in [5, 5.41) is 11.8. The Kier molecular flexibility index (Phi) is 7.63. The van der Waals surface area contributed by atoms with Crippen LogP contribution in [-0.4, -0.2) is 48.6 Å². The first-order valence-corrected chi connectivity index (χ1v) is 12.1. The van der Waals surface area contributed by atoms with Crippen LogP contribution in [0.2, 0.25) is 0 Å². The van der Waals surface area contributed by atoms with Gasteiger partial charge in [-0.1, -0.05) is 61.7 Å². The number of urea groups is 1. The van der Waals surface area contributed by atoms with E-state index in [0.717, 1.165) is 44.3 Å². The highest BCUT2D eigenvalue weighted by molar-refractivity contribution is 5.87. The molecule has 0 radical (unpaired) electrons. The van der Waals surface area contributed by atoms with Gasteiger partial charge in [0.1, 0.15) is 0 Å². The van der Waals surface area contributed by atoms with Gasteiger partial charge in [-0.2, -0.15) is 0 Å². The monoisotopic (exact) mass is 436 g/mol. The molecule has 32 heavy (non-hydrogen) atoms. The van der Waals surface area contributed by atoms with E-state index in [9.17, 15) is 9.59 Å². The minimum Gasteiger partial charge on any atom is -0.348 e. The van der Waals surface area contributed by atoms with E-state index >= 15 is 0 Å². The van der Waals surface area contributed by atoms with Crippen LogP contribution in [0.1, 0.15) is 63.5 Å². The molecule has 3 amide bonds. The van der Waals surface area contributed by atoms with Crippen molar-refractivity contribution in [3.8, 4) is 0 Å². The summed E-state index contributed by atoms with van der Waals surface area (Å²) in [5.74, 6) is 0.0480. The molecule has 1 heterocycles. The maximum atomic E-state index is 12.7. The number of hydrogen-bond donors (Lipinski definition) is 3. The minimum absolute atomic E-state index is 0.0306. The molecular formula is C26H36N4O2. The summed E-state index contributed by atoms with van der Waals surface area (Å²) < 4.78 is 0. The zero-order valence-corrected chi connectivity index (χ0v) is 19.1. The fourth-order valence-corrected chi connectivity index (χ4v) is 5.09. The fourth-order valence-electron chi connectivity index (χ4n) is 5.09. The fraction of sp³-hybridized carbons (Fsp3) is 0.538. The van der Waals surface area contributed by atoms with Gasteiger partial charge in [0, 0.05) is 25.2 Å². The van der Waals surface area contributed by atoms with Gasteiger partial charge in [-0.05, 0) is 48.9 Å². The number of nitrogens with one attached hydrogen (secondary N) is 3. The van der Waals surface area contributed by atoms with Gasteiger partial charge in [0.15, 0.2) is 0 Å². The van der Waals surface area contributed by atoms with Crippen molar-refractivity contribution in [1.82, 2.24) is 20.9 Å². The van der Waals surface area contributed by atoms with Crippen molar-refractivity contribution in [2.24, 2.45) is 0 Å². The number of carbonyl (C=O) groups excluding carboxylic acids is 2. The zero-order chi connectivity index (χ0) is 22.3. The van der Waals surface area contributed by atoms with Gasteiger partial charge in [-0.25, -0.2) is 4.79 Å². The van der Waals surface area contributed by atoms with Gasteiger partial charge < -0.3 is 16.0 Å². The number of hydrogen-bond acceptors (Lipinski definition) is 3. The molecular weight excluding hydrogens is 400 g/mol. The standard InChI is InChI=1S/C26H36N4O2/c1-19(23-13-7-9-20-8-5-6-12-24(20)23)27-25(31)18-30-16-14-22(15-17-30)29-26(32)28-21-10-3-2-4-11-21/h5-9,12-13,19,21-22H,2-4,10-11,14-18H2,1H3,(H,27,31)(H2,28,29,32). The van der Waals surface area contributed by atoms with Crippen molar-refractivity contribution in [1.29, 1.82) is 0 Å². The number of likely N-dealkylation sites (tertiary alicyclic amines) is 1. The average Bonchev–Trinajstić information content (AvgIpc) is 2.80. The molecule has 0 spiro atoms. The summed E-state index contributed by atoms with van der Waals surface area (Å²) in [5.41, 5.74) is 1.14. The van der Waals surface area contributed by atoms with Gasteiger partial charge >= 0.3 is 6.03 Å². The summed E-state index contributed by atoms with van der Waals surface area (Å²) in [6.45, 7) is 4.09. The Morgan fingerprint density at radius 3 is 2.31 bits per heavy atom. The Morgan fingerprint density at radius 1 is 0.906 bits per heavy atom. The number of carbonyl (C=O) groups is 2. The molecule has 1 aliphatic heterocycles. The molecule has 0 bridgehead atoms. The van der Waals surface area contributed by atoms with E-state index in [1.165, 1.54) is 30.0 Å². The molecule has 6 nitrogen and oxygen atoms in total. The number of piperidine rings is 1. The smallest absolute Gasteiger partial charge is 0.315 e. The Balaban J connectivity index is 1.20. The lowest BCUT2D eigenvalue weighted by Crippen LogP contribution is -2.51. The van der Waals surface area contributed by atoms with Crippen LogP contribution >= 0.6 is 0 Å². The van der Waals surface area contributed by atoms with Crippen molar-refractivity contribution in [3.63, 3.8) is 0 Å². The second kappa shape index (κ2) is 10.8. The Morgan fingerprint density at radius 2 is 1.56 bits per heavy atom. The summed E-state index contributed by atoms with van der Waals surface area (Å²) >= 11 is 0. The third kappa shape index (κ3) is 6.00. The first kappa shape index (κ1) is 22.6. The largest absolute Gasteiger partial charge is 0.348 e. The van der Waals surface area contributed by atoms with E-state index in [0.29, 0.717) is 12.6 Å². The summed E-state index contributed by atoms with van der Waals surface area (Å²) in [6.07, 6.45) is 7.66. The van der Waals surface area contributed by atoms with Gasteiger partial charge in [0.2, 0.25) is 5.91 Å². The van der Waals surface area contributed by atoms with E-state index in [2.05, 4.69) is 45.1 Å². The van der Waals surface area contributed by atoms with Crippen LogP contribution in [-0.2, 0) is 4.79 Å². The van der Waals surface area contributed by atoms with Crippen LogP contribution in [0.25, 0.3) is 10.8 Å². The lowest BCUT2D eigenvalue weighted by atomic mass is 9.96. The number of rotatable bonds is 6. The lowest BCUT2D eigenvalue weighted by Gasteiger charge is -2.32. The minimum atomic E-state index is -0.0451. The number of benzene rings is 2. The number of fused-ring (bicyclic) bond motifs is 1. The molecule has 2 aromatic carbocycles. The summed E-state index contributed by atoms with van der Waals surface area (Å²) in [6, 6.07) is 14.9. The van der Waals surface area contributed by atoms with Crippen molar-refractivity contribution in [3.05, 3.63) is 48.0 Å². The second-order valence-electron chi connectivity index (χ2n) is 9.36. The predicted octanol–water partition coefficient (Wildman–Crippen LogP) is 4.11. The lowest BCUT2D eigenvalue weighted by molar-refractivity contribution is -0.123. The van der Waals surface area contributed by atoms with Crippen molar-refractivity contribution < 1.29 is 9.59 Å². The molecule has 1 saturated heterocycles. The molecule has 1 aliphatic carbocycles. The molecule has 4 rings (SSSR count). The molecule has 6 heteroatoms. The van der Waals surface area contributed by atoms with Crippen molar-refractivity contribution in [2.45, 2.75) is 70.0 Å². The zero-order valence-electron chi connectivity index (χ0n) is 19.1. The van der Waals surface area contributed by atoms with Crippen LogP contribution in [0, 0.1) is 0 Å². The van der Waals surface area contributed by atoms with Gasteiger partial charge in [0.05, 0.1) is 12.6 Å². The van der Waals surface area contributed by atoms with Crippen LogP contribution in [0.3, 0.4) is 0 Å². The van der Waals surface area contributed by atoms with Crippen LogP contribution in [0.5, 0.6) is 0 Å². The van der Waals surface area contributed by atoms with Crippen LogP contribution in [0.15, 0.2) is 42.5 Å². The molecule has 3 N–H and O–H groups in total. The normalized spacial score (nSPS) is 19.4. The Labute approximate surface area is 191 Å². The highest BCUT2D eigenvalue weighted by atomic mass is 16.2. The molecule has 2 aliphatic rings. The molecule has 1 atom stereocenters. The first-order chi connectivity index (χ1) is 15.6. The highest BCUT2D eigenvalue weighted by Crippen LogP contribution is 2.24. The third-order valence-corrected chi connectivity index (χ3v) is 6.90. The maximum Gasteiger partial charge on any atom is 0.315 e. The molecule has 1 unspecified atom stereocenters. The number of nitrogens with zero attached hydrogens (tertiary/aromatic N) is 1. The predicted molar refractivity (Wildman–Crippen MR) is 129 cm³/mol. The molecule has 0 aromatic heterocycles. The Bertz CT molecular complexity index is 912. The van der Waals surface area contributed by atoms with Gasteiger partial charge in [-0.3, -0.25) is 9.69 Å². The SMILES string of the molecule is CC(NC(=O)CN1CCC(NC(=O)NC2CCCCC2)CC1)c1cccc2ccccc12. The summed E-state index contributed by atoms with van der Waals surface area (Å²) in [7, 11) is 0.